The molecule has 0 fully saturated rings. The lowest BCUT2D eigenvalue weighted by molar-refractivity contribution is 0.329. The molecule has 2 heteroatoms. The van der Waals surface area contributed by atoms with Crippen molar-refractivity contribution in [2.75, 3.05) is 6.61 Å². The Morgan fingerprint density at radius 1 is 1.46 bits per heavy atom. The highest BCUT2D eigenvalue weighted by Crippen LogP contribution is 2.25. The predicted molar refractivity (Wildman–Crippen MR) is 53.0 cm³/mol. The molecule has 1 rings (SSSR count). The molecule has 0 aromatic heterocycles. The monoisotopic (exact) mass is 177 g/mol. The van der Waals surface area contributed by atoms with Gasteiger partial charge in [0.15, 0.2) is 0 Å². The molecular formula is C11H13O2. The Balaban J connectivity index is 3.12. The van der Waals surface area contributed by atoms with Gasteiger partial charge in [-0.25, -0.2) is 0 Å². The molecule has 0 unspecified atom stereocenters. The number of aliphatic hydroxyl groups excluding tert-OH is 1. The van der Waals surface area contributed by atoms with Crippen LogP contribution < -0.4 is 4.74 Å². The van der Waals surface area contributed by atoms with Crippen LogP contribution in [-0.4, -0.2) is 11.7 Å². The summed E-state index contributed by atoms with van der Waals surface area (Å²) in [6.45, 7) is 7.19. The Hall–Kier alpha value is -1.28. The maximum absolute atomic E-state index is 8.93. The minimum Gasteiger partial charge on any atom is -0.493 e. The van der Waals surface area contributed by atoms with Gasteiger partial charge in [-0.15, -0.1) is 0 Å². The van der Waals surface area contributed by atoms with Gasteiger partial charge in [0, 0.05) is 11.1 Å². The Bertz CT molecular complexity index is 292. The minimum absolute atomic E-state index is 0.575. The fourth-order valence-corrected chi connectivity index (χ4v) is 1.15. The van der Waals surface area contributed by atoms with Gasteiger partial charge in [-0.3, -0.25) is 0 Å². The molecule has 69 valence electrons. The van der Waals surface area contributed by atoms with Crippen molar-refractivity contribution in [2.24, 2.45) is 0 Å². The maximum atomic E-state index is 8.93. The van der Waals surface area contributed by atoms with E-state index >= 15 is 0 Å². The van der Waals surface area contributed by atoms with Gasteiger partial charge in [0.2, 0.25) is 0 Å². The quantitative estimate of drug-likeness (QED) is 0.766. The lowest BCUT2D eigenvalue weighted by atomic mass is 10.1. The van der Waals surface area contributed by atoms with Crippen LogP contribution in [0.5, 0.6) is 5.75 Å². The molecule has 0 aliphatic rings. The summed E-state index contributed by atoms with van der Waals surface area (Å²) in [6, 6.07) is 5.53. The van der Waals surface area contributed by atoms with E-state index < -0.39 is 0 Å². The first-order valence-electron chi connectivity index (χ1n) is 4.19. The molecule has 0 bridgehead atoms. The van der Waals surface area contributed by atoms with E-state index in [0.29, 0.717) is 17.9 Å². The van der Waals surface area contributed by atoms with Gasteiger partial charge in [-0.2, -0.15) is 0 Å². The van der Waals surface area contributed by atoms with Gasteiger partial charge < -0.3 is 9.84 Å². The molecule has 1 radical (unpaired) electrons. The molecule has 0 saturated heterocycles. The lowest BCUT2D eigenvalue weighted by Crippen LogP contribution is -1.97. The van der Waals surface area contributed by atoms with Crippen LogP contribution in [0, 0.1) is 6.61 Å². The summed E-state index contributed by atoms with van der Waals surface area (Å²) < 4.78 is 5.39. The summed E-state index contributed by atoms with van der Waals surface area (Å²) in [5.74, 6) is 0.683. The van der Waals surface area contributed by atoms with Crippen molar-refractivity contribution >= 4 is 6.08 Å². The second-order valence-electron chi connectivity index (χ2n) is 2.53. The number of rotatable bonds is 4. The highest BCUT2D eigenvalue weighted by atomic mass is 16.5. The molecule has 0 aliphatic heterocycles. The molecule has 0 amide bonds. The normalized spacial score (nSPS) is 9.69. The van der Waals surface area contributed by atoms with Crippen molar-refractivity contribution in [3.05, 3.63) is 42.5 Å². The van der Waals surface area contributed by atoms with Gasteiger partial charge in [-0.05, 0) is 6.92 Å². The molecule has 0 atom stereocenters. The van der Waals surface area contributed by atoms with Crippen molar-refractivity contribution in [3.63, 3.8) is 0 Å². The topological polar surface area (TPSA) is 29.5 Å². The third kappa shape index (κ3) is 2.10. The first-order valence-corrected chi connectivity index (χ1v) is 4.19. The number of hydrogen-bond acceptors (Lipinski definition) is 2. The highest BCUT2D eigenvalue weighted by Gasteiger charge is 2.05. The summed E-state index contributed by atoms with van der Waals surface area (Å²) in [4.78, 5) is 0. The Labute approximate surface area is 78.5 Å². The second kappa shape index (κ2) is 4.67. The molecule has 0 spiro atoms. The maximum Gasteiger partial charge on any atom is 0.132 e. The fourth-order valence-electron chi connectivity index (χ4n) is 1.15. The molecule has 1 N–H and O–H groups in total. The summed E-state index contributed by atoms with van der Waals surface area (Å²) in [5, 5.41) is 8.93. The second-order valence-corrected chi connectivity index (χ2v) is 2.53. The summed E-state index contributed by atoms with van der Waals surface area (Å²) >= 11 is 0. The minimum atomic E-state index is 0.575. The molecule has 0 aliphatic carbocycles. The van der Waals surface area contributed by atoms with Crippen LogP contribution >= 0.6 is 0 Å². The Kier molecular flexibility index (Phi) is 3.53. The zero-order valence-corrected chi connectivity index (χ0v) is 7.66. The van der Waals surface area contributed by atoms with E-state index in [0.717, 1.165) is 12.2 Å². The standard InChI is InChI=1S/C11H13O2/c1-3-9-6-5-7-10(8-12)11(9)13-4-2/h3,5-8,12H,1,4H2,2H3. The van der Waals surface area contributed by atoms with Crippen molar-refractivity contribution < 1.29 is 9.84 Å². The Morgan fingerprint density at radius 3 is 2.69 bits per heavy atom. The zero-order chi connectivity index (χ0) is 9.68. The van der Waals surface area contributed by atoms with E-state index in [1.165, 1.54) is 0 Å². The van der Waals surface area contributed by atoms with E-state index in [4.69, 9.17) is 9.84 Å². The van der Waals surface area contributed by atoms with Crippen LogP contribution in [0.3, 0.4) is 0 Å². The van der Waals surface area contributed by atoms with Crippen molar-refractivity contribution in [1.82, 2.24) is 0 Å². The van der Waals surface area contributed by atoms with Crippen LogP contribution in [0.4, 0.5) is 0 Å². The SMILES string of the molecule is C=Cc1cccc([CH]O)c1OCC. The van der Waals surface area contributed by atoms with E-state index in [2.05, 4.69) is 6.58 Å². The first kappa shape index (κ1) is 9.81. The van der Waals surface area contributed by atoms with Gasteiger partial charge in [0.05, 0.1) is 6.61 Å². The van der Waals surface area contributed by atoms with E-state index in [9.17, 15) is 0 Å². The number of hydrogen-bond donors (Lipinski definition) is 1. The smallest absolute Gasteiger partial charge is 0.132 e. The van der Waals surface area contributed by atoms with Gasteiger partial charge >= 0.3 is 0 Å². The third-order valence-electron chi connectivity index (χ3n) is 1.72. The van der Waals surface area contributed by atoms with Crippen molar-refractivity contribution in [3.8, 4) is 5.75 Å². The van der Waals surface area contributed by atoms with Gasteiger partial charge in [0.25, 0.3) is 0 Å². The molecular weight excluding hydrogens is 164 g/mol. The zero-order valence-electron chi connectivity index (χ0n) is 7.66. The molecule has 1 aromatic carbocycles. The molecule has 13 heavy (non-hydrogen) atoms. The summed E-state index contributed by atoms with van der Waals surface area (Å²) in [7, 11) is 0. The number of para-hydroxylation sites is 1. The van der Waals surface area contributed by atoms with E-state index in [1.807, 2.05) is 19.1 Å². The van der Waals surface area contributed by atoms with E-state index in [-0.39, 0.29) is 0 Å². The van der Waals surface area contributed by atoms with Crippen molar-refractivity contribution in [1.29, 1.82) is 0 Å². The van der Waals surface area contributed by atoms with Crippen LogP contribution in [0.25, 0.3) is 6.08 Å². The molecule has 0 saturated carbocycles. The average molecular weight is 177 g/mol. The predicted octanol–water partition coefficient (Wildman–Crippen LogP) is 2.61. The van der Waals surface area contributed by atoms with Crippen LogP contribution in [0.2, 0.25) is 0 Å². The van der Waals surface area contributed by atoms with Crippen LogP contribution in [-0.2, 0) is 0 Å². The summed E-state index contributed by atoms with van der Waals surface area (Å²) in [6.07, 6.45) is 1.71. The lowest BCUT2D eigenvalue weighted by Gasteiger charge is -2.10. The number of ether oxygens (including phenoxy) is 1. The molecule has 2 nitrogen and oxygen atoms in total. The average Bonchev–Trinajstić information content (AvgIpc) is 2.18. The molecule has 0 heterocycles. The van der Waals surface area contributed by atoms with Gasteiger partial charge in [0.1, 0.15) is 12.4 Å². The third-order valence-corrected chi connectivity index (χ3v) is 1.72. The Morgan fingerprint density at radius 2 is 2.15 bits per heavy atom. The first-order chi connectivity index (χ1) is 6.33. The van der Waals surface area contributed by atoms with Crippen LogP contribution in [0.15, 0.2) is 24.8 Å². The highest BCUT2D eigenvalue weighted by molar-refractivity contribution is 5.59. The largest absolute Gasteiger partial charge is 0.493 e. The number of benzene rings is 1. The molecule has 1 aromatic rings. The van der Waals surface area contributed by atoms with Crippen molar-refractivity contribution in [2.45, 2.75) is 6.92 Å². The van der Waals surface area contributed by atoms with Crippen LogP contribution in [0.1, 0.15) is 18.1 Å². The fraction of sp³-hybridized carbons (Fsp3) is 0.182. The summed E-state index contributed by atoms with van der Waals surface area (Å²) in [5.41, 5.74) is 1.57. The van der Waals surface area contributed by atoms with E-state index in [1.54, 1.807) is 12.1 Å². The van der Waals surface area contributed by atoms with Gasteiger partial charge in [-0.1, -0.05) is 30.9 Å². The number of aliphatic hydroxyl groups is 1.